The van der Waals surface area contributed by atoms with Crippen LogP contribution >= 0.6 is 23.4 Å². The summed E-state index contributed by atoms with van der Waals surface area (Å²) in [5.74, 6) is -0.298. The molecule has 8 heteroatoms. The van der Waals surface area contributed by atoms with Gasteiger partial charge in [0.1, 0.15) is 11.5 Å². The zero-order chi connectivity index (χ0) is 22.8. The Morgan fingerprint density at radius 1 is 1.16 bits per heavy atom. The van der Waals surface area contributed by atoms with Gasteiger partial charge in [-0.2, -0.15) is 0 Å². The maximum atomic E-state index is 13.0. The molecular weight excluding hydrogens is 448 g/mol. The number of amidine groups is 1. The molecule has 0 spiro atoms. The van der Waals surface area contributed by atoms with Gasteiger partial charge >= 0.3 is 5.97 Å². The Morgan fingerprint density at radius 2 is 1.91 bits per heavy atom. The SMILES string of the molecule is CC(C)N1C(=O)/C(=C\c2ccc(-c3ccc(Cl)c(C(=O)O)c3)o2)SC1=Nc1ccccc1. The van der Waals surface area contributed by atoms with E-state index in [1.165, 1.54) is 23.9 Å². The van der Waals surface area contributed by atoms with Gasteiger partial charge in [-0.05, 0) is 68.1 Å². The Labute approximate surface area is 194 Å². The number of furan rings is 1. The summed E-state index contributed by atoms with van der Waals surface area (Å²) >= 11 is 7.24. The lowest BCUT2D eigenvalue weighted by molar-refractivity contribution is -0.123. The van der Waals surface area contributed by atoms with Crippen molar-refractivity contribution in [2.75, 3.05) is 0 Å². The number of para-hydroxylation sites is 1. The molecule has 0 aliphatic carbocycles. The number of amides is 1. The van der Waals surface area contributed by atoms with Crippen molar-refractivity contribution in [2.45, 2.75) is 19.9 Å². The van der Waals surface area contributed by atoms with Gasteiger partial charge in [0.25, 0.3) is 5.91 Å². The first kappa shape index (κ1) is 21.9. The third-order valence-electron chi connectivity index (χ3n) is 4.72. The highest BCUT2D eigenvalue weighted by Gasteiger charge is 2.35. The number of carbonyl (C=O) groups excluding carboxylic acids is 1. The zero-order valence-electron chi connectivity index (χ0n) is 17.3. The Kier molecular flexibility index (Phi) is 6.21. The summed E-state index contributed by atoms with van der Waals surface area (Å²) < 4.78 is 5.87. The van der Waals surface area contributed by atoms with Crippen molar-refractivity contribution < 1.29 is 19.1 Å². The van der Waals surface area contributed by atoms with Crippen LogP contribution in [-0.4, -0.2) is 33.1 Å². The molecule has 0 radical (unpaired) electrons. The fourth-order valence-corrected chi connectivity index (χ4v) is 4.49. The highest BCUT2D eigenvalue weighted by Crippen LogP contribution is 2.36. The van der Waals surface area contributed by atoms with Gasteiger partial charge in [-0.3, -0.25) is 9.69 Å². The molecule has 6 nitrogen and oxygen atoms in total. The minimum atomic E-state index is -1.11. The number of thioether (sulfide) groups is 1. The molecule has 1 N–H and O–H groups in total. The number of carbonyl (C=O) groups is 2. The predicted octanol–water partition coefficient (Wildman–Crippen LogP) is 6.31. The molecule has 1 fully saturated rings. The molecule has 1 saturated heterocycles. The fourth-order valence-electron chi connectivity index (χ4n) is 3.19. The van der Waals surface area contributed by atoms with Crippen molar-refractivity contribution in [3.63, 3.8) is 0 Å². The van der Waals surface area contributed by atoms with Crippen LogP contribution in [-0.2, 0) is 4.79 Å². The molecule has 1 amide bonds. The first-order chi connectivity index (χ1) is 15.3. The smallest absolute Gasteiger partial charge is 0.337 e. The fraction of sp³-hybridized carbons (Fsp3) is 0.125. The largest absolute Gasteiger partial charge is 0.478 e. The second kappa shape index (κ2) is 9.06. The molecule has 0 bridgehead atoms. The summed E-state index contributed by atoms with van der Waals surface area (Å²) in [6.45, 7) is 3.88. The van der Waals surface area contributed by atoms with Crippen LogP contribution in [0.3, 0.4) is 0 Å². The molecule has 32 heavy (non-hydrogen) atoms. The number of carboxylic acids is 1. The van der Waals surface area contributed by atoms with E-state index in [2.05, 4.69) is 4.99 Å². The van der Waals surface area contributed by atoms with Gasteiger partial charge in [-0.1, -0.05) is 29.8 Å². The molecule has 2 aromatic carbocycles. The van der Waals surface area contributed by atoms with Crippen molar-refractivity contribution >= 4 is 52.2 Å². The molecule has 1 aliphatic rings. The number of carboxylic acid groups (broad SMARTS) is 1. The average molecular weight is 467 g/mol. The van der Waals surface area contributed by atoms with Crippen molar-refractivity contribution in [3.05, 3.63) is 81.9 Å². The van der Waals surface area contributed by atoms with Crippen molar-refractivity contribution in [1.29, 1.82) is 0 Å². The average Bonchev–Trinajstić information content (AvgIpc) is 3.34. The second-order valence-electron chi connectivity index (χ2n) is 7.31. The number of hydrogen-bond acceptors (Lipinski definition) is 5. The van der Waals surface area contributed by atoms with Gasteiger partial charge in [0.15, 0.2) is 5.17 Å². The molecular formula is C24H19ClN2O4S. The van der Waals surface area contributed by atoms with Crippen LogP contribution in [0.2, 0.25) is 5.02 Å². The molecule has 4 rings (SSSR count). The number of rotatable bonds is 5. The number of halogens is 1. The van der Waals surface area contributed by atoms with E-state index < -0.39 is 5.97 Å². The highest BCUT2D eigenvalue weighted by molar-refractivity contribution is 8.18. The van der Waals surface area contributed by atoms with E-state index in [0.29, 0.717) is 27.2 Å². The summed E-state index contributed by atoms with van der Waals surface area (Å²) in [5.41, 5.74) is 1.35. The molecule has 0 unspecified atom stereocenters. The lowest BCUT2D eigenvalue weighted by Gasteiger charge is -2.19. The highest BCUT2D eigenvalue weighted by atomic mass is 35.5. The van der Waals surface area contributed by atoms with Gasteiger partial charge in [-0.25, -0.2) is 9.79 Å². The third kappa shape index (κ3) is 4.49. The Balaban J connectivity index is 1.64. The van der Waals surface area contributed by atoms with Gasteiger partial charge in [0.05, 0.1) is 21.2 Å². The molecule has 2 heterocycles. The maximum Gasteiger partial charge on any atom is 0.337 e. The minimum Gasteiger partial charge on any atom is -0.478 e. The van der Waals surface area contributed by atoms with Gasteiger partial charge in [-0.15, -0.1) is 0 Å². The topological polar surface area (TPSA) is 83.1 Å². The molecule has 0 saturated carbocycles. The van der Waals surface area contributed by atoms with Gasteiger partial charge in [0, 0.05) is 17.7 Å². The third-order valence-corrected chi connectivity index (χ3v) is 6.03. The van der Waals surface area contributed by atoms with E-state index in [9.17, 15) is 14.7 Å². The van der Waals surface area contributed by atoms with Gasteiger partial charge in [0.2, 0.25) is 0 Å². The van der Waals surface area contributed by atoms with Crippen LogP contribution in [0.1, 0.15) is 30.0 Å². The van der Waals surface area contributed by atoms with E-state index >= 15 is 0 Å². The molecule has 162 valence electrons. The Bertz CT molecular complexity index is 1250. The number of benzene rings is 2. The summed E-state index contributed by atoms with van der Waals surface area (Å²) in [6, 6.07) is 17.5. The van der Waals surface area contributed by atoms with E-state index in [0.717, 1.165) is 5.69 Å². The van der Waals surface area contributed by atoms with Crippen LogP contribution < -0.4 is 0 Å². The molecule has 3 aromatic rings. The minimum absolute atomic E-state index is 0.00339. The predicted molar refractivity (Wildman–Crippen MR) is 127 cm³/mol. The summed E-state index contributed by atoms with van der Waals surface area (Å²) in [6.07, 6.45) is 1.67. The summed E-state index contributed by atoms with van der Waals surface area (Å²) in [4.78, 5) is 31.2. The molecule has 0 atom stereocenters. The standard InChI is InChI=1S/C24H19ClN2O4S/c1-14(2)27-22(28)21(32-24(27)26-16-6-4-3-5-7-16)13-17-9-11-20(31-17)15-8-10-19(25)18(12-15)23(29)30/h3-14H,1-2H3,(H,29,30)/b21-13+,26-24?. The number of aromatic carboxylic acids is 1. The monoisotopic (exact) mass is 466 g/mol. The summed E-state index contributed by atoms with van der Waals surface area (Å²) in [7, 11) is 0. The lowest BCUT2D eigenvalue weighted by atomic mass is 10.1. The van der Waals surface area contributed by atoms with Crippen LogP contribution in [0.15, 0.2) is 75.0 Å². The van der Waals surface area contributed by atoms with Crippen molar-refractivity contribution in [2.24, 2.45) is 4.99 Å². The maximum absolute atomic E-state index is 13.0. The van der Waals surface area contributed by atoms with E-state index in [1.807, 2.05) is 44.2 Å². The van der Waals surface area contributed by atoms with E-state index in [1.54, 1.807) is 29.2 Å². The Hall–Kier alpha value is -3.29. The quantitative estimate of drug-likeness (QED) is 0.445. The van der Waals surface area contributed by atoms with E-state index in [4.69, 9.17) is 16.0 Å². The van der Waals surface area contributed by atoms with Crippen LogP contribution in [0.25, 0.3) is 17.4 Å². The summed E-state index contributed by atoms with van der Waals surface area (Å²) in [5, 5.41) is 10.0. The van der Waals surface area contributed by atoms with Crippen LogP contribution in [0, 0.1) is 0 Å². The Morgan fingerprint density at radius 3 is 2.59 bits per heavy atom. The van der Waals surface area contributed by atoms with Crippen molar-refractivity contribution in [1.82, 2.24) is 4.90 Å². The van der Waals surface area contributed by atoms with Crippen LogP contribution in [0.5, 0.6) is 0 Å². The number of nitrogens with zero attached hydrogens (tertiary/aromatic N) is 2. The first-order valence-electron chi connectivity index (χ1n) is 9.83. The normalized spacial score (nSPS) is 16.5. The first-order valence-corrected chi connectivity index (χ1v) is 11.0. The van der Waals surface area contributed by atoms with Crippen molar-refractivity contribution in [3.8, 4) is 11.3 Å². The van der Waals surface area contributed by atoms with Gasteiger partial charge < -0.3 is 9.52 Å². The molecule has 1 aromatic heterocycles. The second-order valence-corrected chi connectivity index (χ2v) is 8.73. The number of hydrogen-bond donors (Lipinski definition) is 1. The number of aliphatic imine (C=N–C) groups is 1. The van der Waals surface area contributed by atoms with Crippen LogP contribution in [0.4, 0.5) is 5.69 Å². The lowest BCUT2D eigenvalue weighted by Crippen LogP contribution is -2.35. The zero-order valence-corrected chi connectivity index (χ0v) is 18.9. The van der Waals surface area contributed by atoms with E-state index in [-0.39, 0.29) is 22.5 Å². The molecule has 1 aliphatic heterocycles.